The highest BCUT2D eigenvalue weighted by Crippen LogP contribution is 2.29. The zero-order chi connectivity index (χ0) is 12.5. The van der Waals surface area contributed by atoms with Crippen LogP contribution in [-0.2, 0) is 0 Å². The minimum absolute atomic E-state index is 0.0765. The number of aliphatic hydroxyl groups excluding tert-OH is 1. The van der Waals surface area contributed by atoms with Gasteiger partial charge in [-0.1, -0.05) is 18.2 Å². The number of H-pyrrole nitrogens is 1. The maximum Gasteiger partial charge on any atom is 0.168 e. The zero-order valence-electron chi connectivity index (χ0n) is 10.2. The second-order valence-corrected chi connectivity index (χ2v) is 5.12. The molecular weight excluding hydrogens is 226 g/mol. The number of nitrogens with one attached hydrogen (secondary N) is 1. The zero-order valence-corrected chi connectivity index (χ0v) is 10.2. The van der Waals surface area contributed by atoms with Gasteiger partial charge in [-0.05, 0) is 31.7 Å². The lowest BCUT2D eigenvalue weighted by atomic mass is 9.82. The molecule has 0 atom stereocenters. The van der Waals surface area contributed by atoms with Crippen molar-refractivity contribution in [3.05, 3.63) is 36.0 Å². The molecule has 1 saturated carbocycles. The van der Waals surface area contributed by atoms with Gasteiger partial charge >= 0.3 is 0 Å². The Labute approximate surface area is 106 Å². The van der Waals surface area contributed by atoms with Crippen LogP contribution in [0.15, 0.2) is 30.5 Å². The summed E-state index contributed by atoms with van der Waals surface area (Å²) in [6, 6.07) is 7.88. The van der Waals surface area contributed by atoms with Crippen molar-refractivity contribution in [1.29, 1.82) is 0 Å². The molecule has 0 amide bonds. The molecule has 1 aliphatic rings. The number of aromatic nitrogens is 1. The summed E-state index contributed by atoms with van der Waals surface area (Å²) in [5.74, 6) is 0.298. The molecule has 3 nitrogen and oxygen atoms in total. The van der Waals surface area contributed by atoms with Crippen LogP contribution >= 0.6 is 0 Å². The molecular formula is C15H17NO2. The third-order valence-electron chi connectivity index (χ3n) is 3.92. The second kappa shape index (κ2) is 4.58. The largest absolute Gasteiger partial charge is 0.393 e. The molecule has 0 bridgehead atoms. The smallest absolute Gasteiger partial charge is 0.168 e. The third-order valence-corrected chi connectivity index (χ3v) is 3.92. The van der Waals surface area contributed by atoms with Gasteiger partial charge in [0.05, 0.1) is 6.10 Å². The fraction of sp³-hybridized carbons (Fsp3) is 0.400. The van der Waals surface area contributed by atoms with Crippen molar-refractivity contribution in [2.45, 2.75) is 31.8 Å². The van der Waals surface area contributed by atoms with Crippen molar-refractivity contribution < 1.29 is 9.90 Å². The van der Waals surface area contributed by atoms with E-state index in [1.807, 2.05) is 30.5 Å². The molecule has 0 aliphatic heterocycles. The van der Waals surface area contributed by atoms with E-state index in [2.05, 4.69) is 4.98 Å². The maximum atomic E-state index is 12.5. The number of benzene rings is 1. The van der Waals surface area contributed by atoms with Gasteiger partial charge in [0.2, 0.25) is 0 Å². The Morgan fingerprint density at radius 1 is 1.17 bits per heavy atom. The van der Waals surface area contributed by atoms with E-state index in [9.17, 15) is 9.90 Å². The van der Waals surface area contributed by atoms with Gasteiger partial charge in [-0.2, -0.15) is 0 Å². The van der Waals surface area contributed by atoms with Crippen LogP contribution in [0.4, 0.5) is 0 Å². The van der Waals surface area contributed by atoms with E-state index in [1.165, 1.54) is 0 Å². The van der Waals surface area contributed by atoms with E-state index < -0.39 is 0 Å². The monoisotopic (exact) mass is 243 g/mol. The van der Waals surface area contributed by atoms with Crippen molar-refractivity contribution >= 4 is 16.7 Å². The van der Waals surface area contributed by atoms with Crippen LogP contribution in [0.25, 0.3) is 10.9 Å². The number of ketones is 1. The lowest BCUT2D eigenvalue weighted by Gasteiger charge is -2.24. The summed E-state index contributed by atoms with van der Waals surface area (Å²) >= 11 is 0. The third kappa shape index (κ3) is 1.95. The molecule has 3 heteroatoms. The molecule has 2 N–H and O–H groups in total. The van der Waals surface area contributed by atoms with Crippen molar-refractivity contribution in [3.8, 4) is 0 Å². The first-order chi connectivity index (χ1) is 8.75. The number of para-hydroxylation sites is 1. The quantitative estimate of drug-likeness (QED) is 0.797. The van der Waals surface area contributed by atoms with Gasteiger partial charge < -0.3 is 10.1 Å². The molecule has 3 rings (SSSR count). The van der Waals surface area contributed by atoms with Crippen LogP contribution < -0.4 is 0 Å². The van der Waals surface area contributed by atoms with Crippen LogP contribution in [0.5, 0.6) is 0 Å². The van der Waals surface area contributed by atoms with E-state index in [1.54, 1.807) is 0 Å². The molecule has 0 unspecified atom stereocenters. The molecule has 1 heterocycles. The fourth-order valence-corrected chi connectivity index (χ4v) is 2.83. The molecule has 1 fully saturated rings. The molecule has 18 heavy (non-hydrogen) atoms. The standard InChI is InChI=1S/C15H17NO2/c17-11-7-5-10(6-8-11)15(18)13-9-16-14-4-2-1-3-12(13)14/h1-4,9-11,16-17H,5-8H2. The van der Waals surface area contributed by atoms with E-state index in [0.29, 0.717) is 0 Å². The number of rotatable bonds is 2. The SMILES string of the molecule is O=C(c1c[nH]c2ccccc12)C1CCC(O)CC1. The topological polar surface area (TPSA) is 53.1 Å². The van der Waals surface area contributed by atoms with Crippen molar-refractivity contribution in [1.82, 2.24) is 4.98 Å². The van der Waals surface area contributed by atoms with Gasteiger partial charge in [-0.15, -0.1) is 0 Å². The Morgan fingerprint density at radius 3 is 2.67 bits per heavy atom. The van der Waals surface area contributed by atoms with E-state index in [-0.39, 0.29) is 17.8 Å². The highest BCUT2D eigenvalue weighted by Gasteiger charge is 2.27. The fourth-order valence-electron chi connectivity index (χ4n) is 2.83. The number of aromatic amines is 1. The van der Waals surface area contributed by atoms with Crippen LogP contribution in [-0.4, -0.2) is 22.0 Å². The van der Waals surface area contributed by atoms with Gasteiger partial charge in [0, 0.05) is 28.6 Å². The average Bonchev–Trinajstić information content (AvgIpc) is 2.82. The summed E-state index contributed by atoms with van der Waals surface area (Å²) in [4.78, 5) is 15.6. The van der Waals surface area contributed by atoms with E-state index in [0.717, 1.165) is 42.1 Å². The van der Waals surface area contributed by atoms with Crippen LogP contribution in [0.3, 0.4) is 0 Å². The van der Waals surface area contributed by atoms with Crippen molar-refractivity contribution in [2.75, 3.05) is 0 Å². The summed E-state index contributed by atoms with van der Waals surface area (Å²) in [6.07, 6.45) is 4.71. The minimum Gasteiger partial charge on any atom is -0.393 e. The number of fused-ring (bicyclic) bond motifs is 1. The first-order valence-corrected chi connectivity index (χ1v) is 6.54. The lowest BCUT2D eigenvalue weighted by molar-refractivity contribution is 0.0766. The number of hydrogen-bond acceptors (Lipinski definition) is 2. The normalized spacial score (nSPS) is 24.3. The average molecular weight is 243 g/mol. The summed E-state index contributed by atoms with van der Waals surface area (Å²) in [5, 5.41) is 10.5. The Hall–Kier alpha value is -1.61. The summed E-state index contributed by atoms with van der Waals surface area (Å²) in [6.45, 7) is 0. The van der Waals surface area contributed by atoms with Gasteiger partial charge in [0.25, 0.3) is 0 Å². The first-order valence-electron chi connectivity index (χ1n) is 6.54. The minimum atomic E-state index is -0.211. The van der Waals surface area contributed by atoms with Gasteiger partial charge in [0.1, 0.15) is 0 Å². The Morgan fingerprint density at radius 2 is 1.89 bits per heavy atom. The molecule has 2 aromatic rings. The van der Waals surface area contributed by atoms with Crippen LogP contribution in [0.1, 0.15) is 36.0 Å². The molecule has 0 saturated heterocycles. The highest BCUT2D eigenvalue weighted by atomic mass is 16.3. The molecule has 1 aromatic heterocycles. The Balaban J connectivity index is 1.88. The summed E-state index contributed by atoms with van der Waals surface area (Å²) in [7, 11) is 0. The number of carbonyl (C=O) groups excluding carboxylic acids is 1. The number of hydrogen-bond donors (Lipinski definition) is 2. The number of aliphatic hydroxyl groups is 1. The highest BCUT2D eigenvalue weighted by molar-refractivity contribution is 6.08. The van der Waals surface area contributed by atoms with E-state index in [4.69, 9.17) is 0 Å². The predicted octanol–water partition coefficient (Wildman–Crippen LogP) is 2.90. The number of carbonyl (C=O) groups is 1. The maximum absolute atomic E-state index is 12.5. The predicted molar refractivity (Wildman–Crippen MR) is 70.6 cm³/mol. The van der Waals surface area contributed by atoms with Gasteiger partial charge in [-0.25, -0.2) is 0 Å². The molecule has 0 radical (unpaired) electrons. The Bertz CT molecular complexity index is 565. The first kappa shape index (κ1) is 11.5. The van der Waals surface area contributed by atoms with E-state index >= 15 is 0 Å². The van der Waals surface area contributed by atoms with Gasteiger partial charge in [-0.3, -0.25) is 4.79 Å². The van der Waals surface area contributed by atoms with Crippen molar-refractivity contribution in [3.63, 3.8) is 0 Å². The summed E-state index contributed by atoms with van der Waals surface area (Å²) in [5.41, 5.74) is 1.81. The van der Waals surface area contributed by atoms with Crippen molar-refractivity contribution in [2.24, 2.45) is 5.92 Å². The molecule has 0 spiro atoms. The molecule has 1 aromatic carbocycles. The molecule has 1 aliphatic carbocycles. The number of Topliss-reactive ketones (excluding diaryl/α,β-unsaturated/α-hetero) is 1. The summed E-state index contributed by atoms with van der Waals surface area (Å²) < 4.78 is 0. The van der Waals surface area contributed by atoms with Crippen LogP contribution in [0.2, 0.25) is 0 Å². The Kier molecular flexibility index (Phi) is 2.92. The molecule has 94 valence electrons. The second-order valence-electron chi connectivity index (χ2n) is 5.12. The van der Waals surface area contributed by atoms with Crippen LogP contribution in [0, 0.1) is 5.92 Å². The van der Waals surface area contributed by atoms with Gasteiger partial charge in [0.15, 0.2) is 5.78 Å². The lowest BCUT2D eigenvalue weighted by Crippen LogP contribution is -2.24.